The van der Waals surface area contributed by atoms with E-state index in [9.17, 15) is 0 Å². The van der Waals surface area contributed by atoms with Gasteiger partial charge in [0, 0.05) is 25.1 Å². The summed E-state index contributed by atoms with van der Waals surface area (Å²) in [4.78, 5) is 9.18. The van der Waals surface area contributed by atoms with Crippen LogP contribution in [0.5, 0.6) is 0 Å². The molecule has 19 heavy (non-hydrogen) atoms. The van der Waals surface area contributed by atoms with Gasteiger partial charge in [0.25, 0.3) is 0 Å². The lowest BCUT2D eigenvalue weighted by Crippen LogP contribution is -2.20. The average molecular weight is 262 g/mol. The van der Waals surface area contributed by atoms with Crippen LogP contribution in [0.2, 0.25) is 0 Å². The smallest absolute Gasteiger partial charge is 0.138 e. The topological polar surface area (TPSA) is 49.8 Å². The summed E-state index contributed by atoms with van der Waals surface area (Å²) in [5, 5.41) is 6.57. The Hall–Kier alpha value is -1.32. The Morgan fingerprint density at radius 1 is 1.26 bits per heavy atom. The normalized spacial score (nSPS) is 17.1. The zero-order chi connectivity index (χ0) is 14.0. The predicted molar refractivity (Wildman–Crippen MR) is 80.7 cm³/mol. The number of nitrogens with zero attached hydrogens (tertiary/aromatic N) is 2. The Labute approximate surface area is 116 Å². The molecule has 1 heterocycles. The molecule has 106 valence electrons. The molecule has 2 rings (SSSR count). The minimum atomic E-state index is -0.0363. The van der Waals surface area contributed by atoms with Gasteiger partial charge in [-0.1, -0.05) is 27.7 Å². The van der Waals surface area contributed by atoms with Gasteiger partial charge in [-0.15, -0.1) is 0 Å². The largest absolute Gasteiger partial charge is 0.373 e. The maximum absolute atomic E-state index is 4.64. The lowest BCUT2D eigenvalue weighted by atomic mass is 9.96. The van der Waals surface area contributed by atoms with Crippen LogP contribution in [-0.2, 0) is 5.41 Å². The van der Waals surface area contributed by atoms with Crippen molar-refractivity contribution in [2.75, 3.05) is 24.2 Å². The number of nitrogens with one attached hydrogen (secondary N) is 2. The maximum Gasteiger partial charge on any atom is 0.138 e. The van der Waals surface area contributed by atoms with E-state index in [0.717, 1.165) is 35.8 Å². The Morgan fingerprint density at radius 2 is 1.89 bits per heavy atom. The lowest BCUT2D eigenvalue weighted by molar-refractivity contribution is 0.531. The summed E-state index contributed by atoms with van der Waals surface area (Å²) < 4.78 is 0. The molecule has 4 heteroatoms. The monoisotopic (exact) mass is 262 g/mol. The van der Waals surface area contributed by atoms with Crippen LogP contribution < -0.4 is 10.6 Å². The molecule has 4 nitrogen and oxygen atoms in total. The van der Waals surface area contributed by atoms with Crippen molar-refractivity contribution in [3.05, 3.63) is 11.9 Å². The molecule has 0 aliphatic heterocycles. The predicted octanol–water partition coefficient (Wildman–Crippen LogP) is 3.27. The molecule has 1 atom stereocenters. The molecule has 0 spiro atoms. The molecule has 1 aliphatic rings. The molecule has 1 aromatic heterocycles. The summed E-state index contributed by atoms with van der Waals surface area (Å²) in [5.74, 6) is 4.32. The van der Waals surface area contributed by atoms with Crippen molar-refractivity contribution in [2.45, 2.75) is 46.0 Å². The second-order valence-corrected chi connectivity index (χ2v) is 6.66. The van der Waals surface area contributed by atoms with Gasteiger partial charge in [-0.2, -0.15) is 0 Å². The number of hydrogen-bond donors (Lipinski definition) is 2. The highest BCUT2D eigenvalue weighted by atomic mass is 15.1. The summed E-state index contributed by atoms with van der Waals surface area (Å²) in [6.45, 7) is 9.72. The maximum atomic E-state index is 4.64. The Kier molecular flexibility index (Phi) is 3.97. The summed E-state index contributed by atoms with van der Waals surface area (Å²) >= 11 is 0. The fraction of sp³-hybridized carbons (Fsp3) is 0.733. The molecule has 0 bridgehead atoms. The van der Waals surface area contributed by atoms with E-state index in [4.69, 9.17) is 0 Å². The van der Waals surface area contributed by atoms with Crippen molar-refractivity contribution >= 4 is 11.6 Å². The van der Waals surface area contributed by atoms with E-state index in [1.54, 1.807) is 0 Å². The highest BCUT2D eigenvalue weighted by Gasteiger charge is 2.27. The lowest BCUT2D eigenvalue weighted by Gasteiger charge is -2.19. The molecule has 1 unspecified atom stereocenters. The van der Waals surface area contributed by atoms with Gasteiger partial charge in [-0.3, -0.25) is 0 Å². The van der Waals surface area contributed by atoms with Crippen molar-refractivity contribution < 1.29 is 0 Å². The Balaban J connectivity index is 2.09. The quantitative estimate of drug-likeness (QED) is 0.855. The summed E-state index contributed by atoms with van der Waals surface area (Å²) in [5.41, 5.74) is -0.0363. The van der Waals surface area contributed by atoms with Crippen molar-refractivity contribution in [1.29, 1.82) is 0 Å². The van der Waals surface area contributed by atoms with E-state index in [0.29, 0.717) is 0 Å². The first kappa shape index (κ1) is 14.1. The molecular formula is C15H26N4. The second kappa shape index (κ2) is 5.35. The molecule has 1 aliphatic carbocycles. The van der Waals surface area contributed by atoms with Crippen molar-refractivity contribution in [3.63, 3.8) is 0 Å². The SMILES string of the molecule is CNc1cc(NCC(C)C2CC2)nc(C(C)(C)C)n1. The van der Waals surface area contributed by atoms with Gasteiger partial charge < -0.3 is 10.6 Å². The third kappa shape index (κ3) is 3.82. The van der Waals surface area contributed by atoms with Crippen molar-refractivity contribution in [2.24, 2.45) is 11.8 Å². The van der Waals surface area contributed by atoms with E-state index >= 15 is 0 Å². The van der Waals surface area contributed by atoms with Gasteiger partial charge in [-0.25, -0.2) is 9.97 Å². The van der Waals surface area contributed by atoms with Crippen molar-refractivity contribution in [3.8, 4) is 0 Å². The number of aromatic nitrogens is 2. The average Bonchev–Trinajstić information content (AvgIpc) is 3.18. The molecule has 0 aromatic carbocycles. The van der Waals surface area contributed by atoms with Gasteiger partial charge in [0.15, 0.2) is 0 Å². The number of hydrogen-bond acceptors (Lipinski definition) is 4. The standard InChI is InChI=1S/C15H26N4/c1-10(11-6-7-11)9-17-13-8-12(16-5)18-14(19-13)15(2,3)4/h8,10-11H,6-7,9H2,1-5H3,(H2,16,17,18,19). The summed E-state index contributed by atoms with van der Waals surface area (Å²) in [6, 6.07) is 1.98. The molecule has 1 saturated carbocycles. The van der Waals surface area contributed by atoms with Crippen LogP contribution in [0.25, 0.3) is 0 Å². The minimum absolute atomic E-state index is 0.0363. The second-order valence-electron chi connectivity index (χ2n) is 6.66. The summed E-state index contributed by atoms with van der Waals surface area (Å²) in [7, 11) is 1.89. The molecule has 0 saturated heterocycles. The molecule has 0 radical (unpaired) electrons. The van der Waals surface area contributed by atoms with E-state index < -0.39 is 0 Å². The van der Waals surface area contributed by atoms with E-state index in [1.807, 2.05) is 13.1 Å². The third-order valence-electron chi connectivity index (χ3n) is 3.69. The van der Waals surface area contributed by atoms with Crippen LogP contribution >= 0.6 is 0 Å². The third-order valence-corrected chi connectivity index (χ3v) is 3.69. The van der Waals surface area contributed by atoms with Crippen molar-refractivity contribution in [1.82, 2.24) is 9.97 Å². The highest BCUT2D eigenvalue weighted by Crippen LogP contribution is 2.36. The fourth-order valence-corrected chi connectivity index (χ4v) is 2.10. The van der Waals surface area contributed by atoms with E-state index in [1.165, 1.54) is 12.8 Å². The molecule has 1 aromatic rings. The zero-order valence-electron chi connectivity index (χ0n) is 12.7. The van der Waals surface area contributed by atoms with Crippen LogP contribution in [0.15, 0.2) is 6.07 Å². The molecule has 2 N–H and O–H groups in total. The first-order chi connectivity index (χ1) is 8.90. The zero-order valence-corrected chi connectivity index (χ0v) is 12.7. The molecular weight excluding hydrogens is 236 g/mol. The van der Waals surface area contributed by atoms with Gasteiger partial charge in [0.05, 0.1) is 0 Å². The van der Waals surface area contributed by atoms with Gasteiger partial charge in [-0.05, 0) is 24.7 Å². The van der Waals surface area contributed by atoms with Crippen LogP contribution in [0.3, 0.4) is 0 Å². The van der Waals surface area contributed by atoms with E-state index in [-0.39, 0.29) is 5.41 Å². The van der Waals surface area contributed by atoms with Gasteiger partial charge >= 0.3 is 0 Å². The molecule has 1 fully saturated rings. The van der Waals surface area contributed by atoms with E-state index in [2.05, 4.69) is 48.3 Å². The Morgan fingerprint density at radius 3 is 2.42 bits per heavy atom. The van der Waals surface area contributed by atoms with Gasteiger partial charge in [0.2, 0.25) is 0 Å². The first-order valence-electron chi connectivity index (χ1n) is 7.21. The van der Waals surface area contributed by atoms with Crippen LogP contribution in [0.4, 0.5) is 11.6 Å². The van der Waals surface area contributed by atoms with Crippen LogP contribution in [-0.4, -0.2) is 23.6 Å². The summed E-state index contributed by atoms with van der Waals surface area (Å²) in [6.07, 6.45) is 2.78. The number of anilines is 2. The minimum Gasteiger partial charge on any atom is -0.373 e. The van der Waals surface area contributed by atoms with Crippen LogP contribution in [0.1, 0.15) is 46.4 Å². The number of rotatable bonds is 5. The Bertz CT molecular complexity index is 432. The van der Waals surface area contributed by atoms with Gasteiger partial charge in [0.1, 0.15) is 17.5 Å². The highest BCUT2D eigenvalue weighted by molar-refractivity contribution is 5.47. The first-order valence-corrected chi connectivity index (χ1v) is 7.21. The fourth-order valence-electron chi connectivity index (χ4n) is 2.10. The van der Waals surface area contributed by atoms with Crippen LogP contribution in [0, 0.1) is 11.8 Å². The molecule has 0 amide bonds.